The number of carbonyl (C=O) groups excluding carboxylic acids is 1. The molecule has 0 aliphatic carbocycles. The van der Waals surface area contributed by atoms with Crippen LogP contribution in [0.25, 0.3) is 0 Å². The Morgan fingerprint density at radius 2 is 2.10 bits per heavy atom. The lowest BCUT2D eigenvalue weighted by Gasteiger charge is -2.14. The summed E-state index contributed by atoms with van der Waals surface area (Å²) >= 11 is 0. The van der Waals surface area contributed by atoms with E-state index in [1.54, 1.807) is 7.11 Å². The molecule has 0 fully saturated rings. The van der Waals surface area contributed by atoms with Gasteiger partial charge in [-0.25, -0.2) is 0 Å². The van der Waals surface area contributed by atoms with Gasteiger partial charge in [-0.15, -0.1) is 0 Å². The summed E-state index contributed by atoms with van der Waals surface area (Å²) < 4.78 is 10.6. The minimum atomic E-state index is -0.108. The summed E-state index contributed by atoms with van der Waals surface area (Å²) in [6.45, 7) is 8.05. The number of amides is 1. The largest absolute Gasteiger partial charge is 0.483 e. The van der Waals surface area contributed by atoms with Crippen molar-refractivity contribution < 1.29 is 14.3 Å². The van der Waals surface area contributed by atoms with Crippen LogP contribution in [-0.4, -0.2) is 38.8 Å². The fourth-order valence-corrected chi connectivity index (χ4v) is 1.89. The van der Waals surface area contributed by atoms with E-state index < -0.39 is 0 Å². The third-order valence-corrected chi connectivity index (χ3v) is 2.82. The van der Waals surface area contributed by atoms with Gasteiger partial charge in [0.2, 0.25) is 0 Å². The summed E-state index contributed by atoms with van der Waals surface area (Å²) in [5.74, 6) is 0.633. The van der Waals surface area contributed by atoms with Gasteiger partial charge in [0.1, 0.15) is 5.75 Å². The number of ether oxygens (including phenoxy) is 2. The van der Waals surface area contributed by atoms with Crippen LogP contribution in [0.15, 0.2) is 18.2 Å². The van der Waals surface area contributed by atoms with Gasteiger partial charge in [0.05, 0.1) is 6.61 Å². The van der Waals surface area contributed by atoms with E-state index in [0.717, 1.165) is 23.4 Å². The third kappa shape index (κ3) is 7.11. The molecular weight excluding hydrogens is 268 g/mol. The molecule has 2 N–H and O–H groups in total. The second-order valence-electron chi connectivity index (χ2n) is 5.29. The molecule has 21 heavy (non-hydrogen) atoms. The molecule has 0 aromatic heterocycles. The van der Waals surface area contributed by atoms with E-state index in [4.69, 9.17) is 9.47 Å². The van der Waals surface area contributed by atoms with Crippen molar-refractivity contribution in [3.05, 3.63) is 29.3 Å². The van der Waals surface area contributed by atoms with Gasteiger partial charge in [-0.2, -0.15) is 0 Å². The molecule has 0 spiro atoms. The normalized spacial score (nSPS) is 10.7. The second kappa shape index (κ2) is 9.37. The van der Waals surface area contributed by atoms with Crippen molar-refractivity contribution in [2.45, 2.75) is 33.4 Å². The topological polar surface area (TPSA) is 59.6 Å². The lowest BCUT2D eigenvalue weighted by molar-refractivity contribution is -0.123. The standard InChI is InChI=1S/C16H26N2O3/c1-12(2)18-16(19)11-21-15-6-5-13(3)9-14(15)10-17-7-8-20-4/h5-6,9,12,17H,7-8,10-11H2,1-4H3,(H,18,19). The van der Waals surface area contributed by atoms with Crippen LogP contribution in [0.4, 0.5) is 0 Å². The van der Waals surface area contributed by atoms with Crippen LogP contribution in [0.1, 0.15) is 25.0 Å². The summed E-state index contributed by atoms with van der Waals surface area (Å²) in [7, 11) is 1.68. The first-order valence-electron chi connectivity index (χ1n) is 7.24. The van der Waals surface area contributed by atoms with Crippen molar-refractivity contribution in [2.24, 2.45) is 0 Å². The van der Waals surface area contributed by atoms with E-state index >= 15 is 0 Å². The average molecular weight is 294 g/mol. The smallest absolute Gasteiger partial charge is 0.258 e. The van der Waals surface area contributed by atoms with Crippen LogP contribution < -0.4 is 15.4 Å². The first-order valence-corrected chi connectivity index (χ1v) is 7.24. The Morgan fingerprint density at radius 1 is 1.33 bits per heavy atom. The van der Waals surface area contributed by atoms with Gasteiger partial charge in [-0.3, -0.25) is 4.79 Å². The average Bonchev–Trinajstić information content (AvgIpc) is 2.42. The van der Waals surface area contributed by atoms with Crippen LogP contribution in [-0.2, 0) is 16.1 Å². The van der Waals surface area contributed by atoms with Crippen molar-refractivity contribution in [3.8, 4) is 5.75 Å². The van der Waals surface area contributed by atoms with Gasteiger partial charge in [0.25, 0.3) is 5.91 Å². The molecule has 118 valence electrons. The summed E-state index contributed by atoms with van der Waals surface area (Å²) in [6.07, 6.45) is 0. The highest BCUT2D eigenvalue weighted by atomic mass is 16.5. The Morgan fingerprint density at radius 3 is 2.76 bits per heavy atom. The van der Waals surface area contributed by atoms with E-state index in [1.165, 1.54) is 0 Å². The SMILES string of the molecule is COCCNCc1cc(C)ccc1OCC(=O)NC(C)C. The maximum Gasteiger partial charge on any atom is 0.258 e. The molecule has 0 saturated heterocycles. The maximum absolute atomic E-state index is 11.6. The van der Waals surface area contributed by atoms with E-state index in [-0.39, 0.29) is 18.6 Å². The molecule has 0 unspecified atom stereocenters. The van der Waals surface area contributed by atoms with E-state index in [9.17, 15) is 4.79 Å². The molecule has 0 bridgehead atoms. The number of methoxy groups -OCH3 is 1. The van der Waals surface area contributed by atoms with Crippen LogP contribution >= 0.6 is 0 Å². The molecule has 1 aromatic rings. The van der Waals surface area contributed by atoms with Gasteiger partial charge in [0, 0.05) is 31.8 Å². The quantitative estimate of drug-likeness (QED) is 0.680. The number of benzene rings is 1. The van der Waals surface area contributed by atoms with Crippen LogP contribution in [0, 0.1) is 6.92 Å². The van der Waals surface area contributed by atoms with Crippen molar-refractivity contribution in [1.82, 2.24) is 10.6 Å². The van der Waals surface area contributed by atoms with Crippen molar-refractivity contribution in [1.29, 1.82) is 0 Å². The molecule has 5 nitrogen and oxygen atoms in total. The number of rotatable bonds is 9. The minimum Gasteiger partial charge on any atom is -0.483 e. The third-order valence-electron chi connectivity index (χ3n) is 2.82. The van der Waals surface area contributed by atoms with E-state index in [0.29, 0.717) is 13.2 Å². The second-order valence-corrected chi connectivity index (χ2v) is 5.29. The first kappa shape index (κ1) is 17.5. The predicted octanol–water partition coefficient (Wildman–Crippen LogP) is 1.63. The number of aryl methyl sites for hydroxylation is 1. The Hall–Kier alpha value is -1.59. The fraction of sp³-hybridized carbons (Fsp3) is 0.562. The number of nitrogens with one attached hydrogen (secondary N) is 2. The van der Waals surface area contributed by atoms with Crippen molar-refractivity contribution in [2.75, 3.05) is 26.9 Å². The van der Waals surface area contributed by atoms with Gasteiger partial charge in [-0.05, 0) is 26.8 Å². The van der Waals surface area contributed by atoms with Gasteiger partial charge in [0.15, 0.2) is 6.61 Å². The lowest BCUT2D eigenvalue weighted by Crippen LogP contribution is -2.34. The summed E-state index contributed by atoms with van der Waals surface area (Å²) in [4.78, 5) is 11.6. The highest BCUT2D eigenvalue weighted by Crippen LogP contribution is 2.19. The molecule has 0 aliphatic heterocycles. The van der Waals surface area contributed by atoms with Gasteiger partial charge >= 0.3 is 0 Å². The van der Waals surface area contributed by atoms with E-state index in [1.807, 2.05) is 32.9 Å². The van der Waals surface area contributed by atoms with Crippen molar-refractivity contribution >= 4 is 5.91 Å². The predicted molar refractivity (Wildman–Crippen MR) is 83.5 cm³/mol. The molecule has 1 aromatic carbocycles. The summed E-state index contributed by atoms with van der Waals surface area (Å²) in [5, 5.41) is 6.09. The number of hydrogen-bond acceptors (Lipinski definition) is 4. The monoisotopic (exact) mass is 294 g/mol. The zero-order chi connectivity index (χ0) is 15.7. The Balaban J connectivity index is 2.57. The molecule has 0 atom stereocenters. The van der Waals surface area contributed by atoms with Crippen molar-refractivity contribution in [3.63, 3.8) is 0 Å². The van der Waals surface area contributed by atoms with Crippen LogP contribution in [0.3, 0.4) is 0 Å². The van der Waals surface area contributed by atoms with Crippen LogP contribution in [0.2, 0.25) is 0 Å². The Bertz CT molecular complexity index is 447. The molecular formula is C16H26N2O3. The van der Waals surface area contributed by atoms with Gasteiger partial charge in [-0.1, -0.05) is 17.7 Å². The Kier molecular flexibility index (Phi) is 7.79. The van der Waals surface area contributed by atoms with Gasteiger partial charge < -0.3 is 20.1 Å². The molecule has 0 saturated carbocycles. The summed E-state index contributed by atoms with van der Waals surface area (Å²) in [6, 6.07) is 6.07. The molecule has 0 aliphatic rings. The van der Waals surface area contributed by atoms with E-state index in [2.05, 4.69) is 16.7 Å². The fourth-order valence-electron chi connectivity index (χ4n) is 1.89. The van der Waals surface area contributed by atoms with Crippen LogP contribution in [0.5, 0.6) is 5.75 Å². The highest BCUT2D eigenvalue weighted by Gasteiger charge is 2.08. The molecule has 1 amide bonds. The zero-order valence-electron chi connectivity index (χ0n) is 13.4. The molecule has 0 radical (unpaired) electrons. The molecule has 0 heterocycles. The Labute approximate surface area is 127 Å². The lowest BCUT2D eigenvalue weighted by atomic mass is 10.1. The summed E-state index contributed by atoms with van der Waals surface area (Å²) in [5.41, 5.74) is 2.21. The highest BCUT2D eigenvalue weighted by molar-refractivity contribution is 5.77. The first-order chi connectivity index (χ1) is 10.0. The number of carbonyl (C=O) groups is 1. The minimum absolute atomic E-state index is 0.0340. The zero-order valence-corrected chi connectivity index (χ0v) is 13.4. The molecule has 5 heteroatoms. The molecule has 1 rings (SSSR count). The number of hydrogen-bond donors (Lipinski definition) is 2. The maximum atomic E-state index is 11.6.